The molecule has 2 aromatic rings. The largest absolute Gasteiger partial charge is 0.394 e. The number of aliphatic hydroxyl groups is 1. The molecule has 2 bridgehead atoms. The predicted octanol–water partition coefficient (Wildman–Crippen LogP) is 2.33. The van der Waals surface area contributed by atoms with Crippen molar-refractivity contribution in [2.75, 3.05) is 13.2 Å². The normalized spacial score (nSPS) is 28.7. The van der Waals surface area contributed by atoms with Gasteiger partial charge >= 0.3 is 0 Å². The third-order valence-corrected chi connectivity index (χ3v) is 8.12. The van der Waals surface area contributed by atoms with Crippen LogP contribution in [-0.4, -0.2) is 58.6 Å². The number of carbonyl (C=O) groups excluding carboxylic acids is 3. The first-order valence-electron chi connectivity index (χ1n) is 13.3. The summed E-state index contributed by atoms with van der Waals surface area (Å²) in [5.74, 6) is -2.29. The van der Waals surface area contributed by atoms with E-state index < -0.39 is 35.6 Å². The summed E-state index contributed by atoms with van der Waals surface area (Å²) in [5, 5.41) is 16.4. The first-order chi connectivity index (χ1) is 18.0. The fraction of sp³-hybridized carbons (Fsp3) is 0.483. The van der Waals surface area contributed by atoms with Crippen LogP contribution in [0.15, 0.2) is 60.7 Å². The Balaban J connectivity index is 1.47. The molecule has 3 saturated heterocycles. The Kier molecular flexibility index (Phi) is 7.31. The van der Waals surface area contributed by atoms with Crippen molar-refractivity contribution in [3.8, 4) is 0 Å². The summed E-state index contributed by atoms with van der Waals surface area (Å²) >= 11 is 0. The van der Waals surface area contributed by atoms with E-state index >= 15 is 0 Å². The van der Waals surface area contributed by atoms with E-state index in [-0.39, 0.29) is 24.3 Å². The number of amides is 3. The first kappa shape index (κ1) is 25.4. The Morgan fingerprint density at radius 3 is 2.46 bits per heavy atom. The molecule has 3 amide bonds. The number of likely N-dealkylation sites (tertiary alicyclic amines) is 1. The van der Waals surface area contributed by atoms with Crippen LogP contribution < -0.4 is 10.6 Å². The van der Waals surface area contributed by atoms with Crippen LogP contribution in [0.4, 0.5) is 0 Å². The number of benzene rings is 2. The van der Waals surface area contributed by atoms with Gasteiger partial charge in [0.2, 0.25) is 17.7 Å². The minimum atomic E-state index is -1.09. The van der Waals surface area contributed by atoms with E-state index in [1.54, 1.807) is 0 Å². The average Bonchev–Trinajstić information content (AvgIpc) is 3.57. The Labute approximate surface area is 217 Å². The van der Waals surface area contributed by atoms with Crippen molar-refractivity contribution in [3.63, 3.8) is 0 Å². The standard InChI is InChI=1S/C29H35N3O5/c1-2-3-16-30-27(35)25-29-15-14-22(37-29)23(26(34)31-17-19-10-6-4-7-11-19)24(29)28(36)32(25)21(18-33)20-12-8-5-9-13-20/h4-13,21-25,33H,2-3,14-18H2,1H3,(H,30,35)(H,31,34)/t21-,22-,23+,24+,25?,29?/m1/s1. The average molecular weight is 506 g/mol. The van der Waals surface area contributed by atoms with Gasteiger partial charge in [0.15, 0.2) is 0 Å². The van der Waals surface area contributed by atoms with Gasteiger partial charge in [0.05, 0.1) is 30.6 Å². The van der Waals surface area contributed by atoms with E-state index in [4.69, 9.17) is 4.74 Å². The second kappa shape index (κ2) is 10.6. The Morgan fingerprint density at radius 2 is 1.78 bits per heavy atom. The summed E-state index contributed by atoms with van der Waals surface area (Å²) in [6, 6.07) is 17.2. The number of fused-ring (bicyclic) bond motifs is 1. The van der Waals surface area contributed by atoms with Gasteiger partial charge < -0.3 is 25.4 Å². The fourth-order valence-corrected chi connectivity index (χ4v) is 6.44. The molecule has 196 valence electrons. The van der Waals surface area contributed by atoms with Crippen LogP contribution in [0.2, 0.25) is 0 Å². The highest BCUT2D eigenvalue weighted by Gasteiger charge is 2.75. The molecule has 0 aromatic heterocycles. The van der Waals surface area contributed by atoms with Crippen molar-refractivity contribution < 1.29 is 24.2 Å². The summed E-state index contributed by atoms with van der Waals surface area (Å²) in [5.41, 5.74) is 0.613. The van der Waals surface area contributed by atoms with E-state index in [0.29, 0.717) is 25.9 Å². The highest BCUT2D eigenvalue weighted by atomic mass is 16.5. The maximum atomic E-state index is 14.2. The molecule has 3 N–H and O–H groups in total. The van der Waals surface area contributed by atoms with E-state index in [9.17, 15) is 19.5 Å². The number of unbranched alkanes of at least 4 members (excludes halogenated alkanes) is 1. The number of carbonyl (C=O) groups is 3. The third-order valence-electron chi connectivity index (χ3n) is 8.12. The van der Waals surface area contributed by atoms with E-state index in [0.717, 1.165) is 24.0 Å². The van der Waals surface area contributed by atoms with Crippen molar-refractivity contribution in [2.45, 2.75) is 62.9 Å². The first-order valence-corrected chi connectivity index (χ1v) is 13.3. The molecule has 3 fully saturated rings. The quantitative estimate of drug-likeness (QED) is 0.430. The lowest BCUT2D eigenvalue weighted by molar-refractivity contribution is -0.145. The van der Waals surface area contributed by atoms with Gasteiger partial charge in [0.1, 0.15) is 11.6 Å². The fourth-order valence-electron chi connectivity index (χ4n) is 6.44. The van der Waals surface area contributed by atoms with Crippen LogP contribution in [0, 0.1) is 11.8 Å². The zero-order valence-corrected chi connectivity index (χ0v) is 21.1. The van der Waals surface area contributed by atoms with Crippen molar-refractivity contribution in [2.24, 2.45) is 11.8 Å². The van der Waals surface area contributed by atoms with Gasteiger partial charge in [0, 0.05) is 13.1 Å². The van der Waals surface area contributed by atoms with Gasteiger partial charge in [-0.05, 0) is 30.4 Å². The number of aliphatic hydroxyl groups excluding tert-OH is 1. The molecule has 5 rings (SSSR count). The van der Waals surface area contributed by atoms with Crippen LogP contribution in [0.3, 0.4) is 0 Å². The Morgan fingerprint density at radius 1 is 1.08 bits per heavy atom. The summed E-state index contributed by atoms with van der Waals surface area (Å²) in [4.78, 5) is 42.8. The van der Waals surface area contributed by atoms with Gasteiger partial charge in [0.25, 0.3) is 0 Å². The molecule has 6 atom stereocenters. The van der Waals surface area contributed by atoms with Crippen molar-refractivity contribution in [3.05, 3.63) is 71.8 Å². The van der Waals surface area contributed by atoms with Crippen LogP contribution in [0.25, 0.3) is 0 Å². The summed E-state index contributed by atoms with van der Waals surface area (Å²) in [7, 11) is 0. The summed E-state index contributed by atoms with van der Waals surface area (Å²) < 4.78 is 6.48. The lowest BCUT2D eigenvalue weighted by atomic mass is 9.70. The minimum Gasteiger partial charge on any atom is -0.394 e. The Bertz CT molecular complexity index is 1130. The maximum absolute atomic E-state index is 14.2. The number of rotatable bonds is 10. The molecular formula is C29H35N3O5. The molecule has 3 aliphatic heterocycles. The molecule has 3 aliphatic rings. The Hall–Kier alpha value is -3.23. The topological polar surface area (TPSA) is 108 Å². The molecular weight excluding hydrogens is 470 g/mol. The second-order valence-corrected chi connectivity index (χ2v) is 10.3. The molecule has 0 aliphatic carbocycles. The molecule has 37 heavy (non-hydrogen) atoms. The van der Waals surface area contributed by atoms with Crippen LogP contribution >= 0.6 is 0 Å². The minimum absolute atomic E-state index is 0.235. The van der Waals surface area contributed by atoms with Crippen LogP contribution in [-0.2, 0) is 25.7 Å². The molecule has 2 aromatic carbocycles. The number of hydrogen-bond acceptors (Lipinski definition) is 5. The summed E-state index contributed by atoms with van der Waals surface area (Å²) in [6.07, 6.45) is 2.45. The summed E-state index contributed by atoms with van der Waals surface area (Å²) in [6.45, 7) is 2.55. The molecule has 8 nitrogen and oxygen atoms in total. The highest BCUT2D eigenvalue weighted by Crippen LogP contribution is 2.59. The van der Waals surface area contributed by atoms with Gasteiger partial charge in [-0.3, -0.25) is 14.4 Å². The zero-order chi connectivity index (χ0) is 26.0. The molecule has 2 unspecified atom stereocenters. The maximum Gasteiger partial charge on any atom is 0.245 e. The van der Waals surface area contributed by atoms with Gasteiger partial charge in [-0.15, -0.1) is 0 Å². The van der Waals surface area contributed by atoms with Gasteiger partial charge in [-0.25, -0.2) is 0 Å². The SMILES string of the molecule is CCCCNC(=O)C1N([C@H](CO)c2ccccc2)C(=O)[C@@H]2[C@@H](C(=O)NCc3ccccc3)[C@H]3CCC12O3. The van der Waals surface area contributed by atoms with Crippen molar-refractivity contribution in [1.29, 1.82) is 0 Å². The van der Waals surface area contributed by atoms with Gasteiger partial charge in [-0.2, -0.15) is 0 Å². The molecule has 8 heteroatoms. The number of ether oxygens (including phenoxy) is 1. The number of nitrogens with one attached hydrogen (secondary N) is 2. The highest BCUT2D eigenvalue weighted by molar-refractivity contribution is 5.99. The smallest absolute Gasteiger partial charge is 0.245 e. The van der Waals surface area contributed by atoms with Crippen LogP contribution in [0.1, 0.15) is 49.8 Å². The van der Waals surface area contributed by atoms with Crippen molar-refractivity contribution >= 4 is 17.7 Å². The van der Waals surface area contributed by atoms with E-state index in [1.807, 2.05) is 67.6 Å². The zero-order valence-electron chi connectivity index (χ0n) is 21.1. The monoisotopic (exact) mass is 505 g/mol. The van der Waals surface area contributed by atoms with E-state index in [1.165, 1.54) is 4.90 Å². The lowest BCUT2D eigenvalue weighted by Crippen LogP contribution is -2.56. The van der Waals surface area contributed by atoms with Crippen LogP contribution in [0.5, 0.6) is 0 Å². The van der Waals surface area contributed by atoms with Gasteiger partial charge in [-0.1, -0.05) is 74.0 Å². The molecule has 0 saturated carbocycles. The third kappa shape index (κ3) is 4.42. The van der Waals surface area contributed by atoms with E-state index in [2.05, 4.69) is 10.6 Å². The number of hydrogen-bond donors (Lipinski definition) is 3. The molecule has 0 radical (unpaired) electrons. The number of nitrogens with zero attached hydrogens (tertiary/aromatic N) is 1. The van der Waals surface area contributed by atoms with Crippen molar-refractivity contribution in [1.82, 2.24) is 15.5 Å². The molecule has 1 spiro atoms. The lowest BCUT2D eigenvalue weighted by Gasteiger charge is -2.36. The molecule has 3 heterocycles. The second-order valence-electron chi connectivity index (χ2n) is 10.3. The predicted molar refractivity (Wildman–Crippen MR) is 137 cm³/mol.